The molecule has 0 amide bonds. The van der Waals surface area contributed by atoms with Crippen LogP contribution < -0.4 is 5.32 Å². The molecule has 104 valence electrons. The van der Waals surface area contributed by atoms with Crippen LogP contribution in [0.1, 0.15) is 11.3 Å². The highest BCUT2D eigenvalue weighted by Gasteiger charge is 2.14. The number of aromatic nitrogens is 2. The van der Waals surface area contributed by atoms with Gasteiger partial charge in [-0.3, -0.25) is 0 Å². The number of aromatic amines is 1. The Bertz CT molecular complexity index is 877. The minimum absolute atomic E-state index is 0.707. The number of benzene rings is 2. The zero-order chi connectivity index (χ0) is 14.2. The molecule has 21 heavy (non-hydrogen) atoms. The minimum Gasteiger partial charge on any atom is -0.343 e. The van der Waals surface area contributed by atoms with E-state index in [1.54, 1.807) is 0 Å². The fraction of sp³-hybridized carbons (Fsp3) is 0.176. The van der Waals surface area contributed by atoms with Crippen molar-refractivity contribution < 1.29 is 0 Å². The van der Waals surface area contributed by atoms with E-state index in [1.807, 2.05) is 0 Å². The summed E-state index contributed by atoms with van der Waals surface area (Å²) in [4.78, 5) is 8.12. The van der Waals surface area contributed by atoms with E-state index < -0.39 is 0 Å². The summed E-state index contributed by atoms with van der Waals surface area (Å²) in [5.74, 6) is 0.873. The highest BCUT2D eigenvalue weighted by Crippen LogP contribution is 2.27. The first kappa shape index (κ1) is 12.7. The van der Waals surface area contributed by atoms with Crippen LogP contribution in [0, 0.1) is 4.64 Å². The molecule has 4 rings (SSSR count). The molecule has 3 aromatic rings. The third-order valence-electron chi connectivity index (χ3n) is 4.00. The molecule has 2 aromatic carbocycles. The summed E-state index contributed by atoms with van der Waals surface area (Å²) in [6, 6.07) is 14.7. The average Bonchev–Trinajstić information content (AvgIpc) is 2.54. The Labute approximate surface area is 128 Å². The summed E-state index contributed by atoms with van der Waals surface area (Å²) in [6.45, 7) is 1.80. The molecule has 0 saturated carbocycles. The maximum atomic E-state index is 5.48. The van der Waals surface area contributed by atoms with Gasteiger partial charge in [0.2, 0.25) is 0 Å². The van der Waals surface area contributed by atoms with Crippen molar-refractivity contribution >= 4 is 23.0 Å². The Morgan fingerprint density at radius 2 is 1.90 bits per heavy atom. The zero-order valence-corrected chi connectivity index (χ0v) is 12.3. The second-order valence-electron chi connectivity index (χ2n) is 5.30. The minimum atomic E-state index is 0.707. The van der Waals surface area contributed by atoms with E-state index in [4.69, 9.17) is 12.2 Å². The third-order valence-corrected chi connectivity index (χ3v) is 4.34. The maximum absolute atomic E-state index is 5.48. The summed E-state index contributed by atoms with van der Waals surface area (Å²) in [5.41, 5.74) is 3.47. The van der Waals surface area contributed by atoms with E-state index in [0.29, 0.717) is 4.64 Å². The van der Waals surface area contributed by atoms with Crippen LogP contribution in [0.3, 0.4) is 0 Å². The average molecular weight is 293 g/mol. The van der Waals surface area contributed by atoms with Crippen molar-refractivity contribution in [2.24, 2.45) is 0 Å². The van der Waals surface area contributed by atoms with Gasteiger partial charge < -0.3 is 10.3 Å². The van der Waals surface area contributed by atoms with Crippen LogP contribution in [0.15, 0.2) is 42.5 Å². The molecule has 0 radical (unpaired) electrons. The predicted molar refractivity (Wildman–Crippen MR) is 87.8 cm³/mol. The Balaban J connectivity index is 1.97. The van der Waals surface area contributed by atoms with Gasteiger partial charge in [-0.1, -0.05) is 54.7 Å². The van der Waals surface area contributed by atoms with E-state index in [0.717, 1.165) is 36.5 Å². The van der Waals surface area contributed by atoms with Gasteiger partial charge >= 0.3 is 0 Å². The van der Waals surface area contributed by atoms with E-state index in [-0.39, 0.29) is 0 Å². The van der Waals surface area contributed by atoms with Crippen LogP contribution in [0.2, 0.25) is 0 Å². The molecule has 0 fully saturated rings. The molecule has 4 heteroatoms. The second kappa shape index (κ2) is 5.06. The summed E-state index contributed by atoms with van der Waals surface area (Å²) >= 11 is 5.48. The highest BCUT2D eigenvalue weighted by molar-refractivity contribution is 7.71. The van der Waals surface area contributed by atoms with Crippen molar-refractivity contribution in [2.45, 2.75) is 13.0 Å². The van der Waals surface area contributed by atoms with Gasteiger partial charge in [0.1, 0.15) is 10.5 Å². The van der Waals surface area contributed by atoms with Crippen molar-refractivity contribution in [3.8, 4) is 11.4 Å². The van der Waals surface area contributed by atoms with Gasteiger partial charge in [0, 0.05) is 36.3 Å². The number of rotatable bonds is 1. The summed E-state index contributed by atoms with van der Waals surface area (Å²) < 4.78 is 0.707. The molecule has 2 heterocycles. The fourth-order valence-electron chi connectivity index (χ4n) is 2.93. The van der Waals surface area contributed by atoms with E-state index in [2.05, 4.69) is 57.7 Å². The molecule has 0 spiro atoms. The second-order valence-corrected chi connectivity index (χ2v) is 5.69. The number of hydrogen-bond donors (Lipinski definition) is 2. The number of hydrogen-bond acceptors (Lipinski definition) is 3. The van der Waals surface area contributed by atoms with Gasteiger partial charge in [0.05, 0.1) is 0 Å². The van der Waals surface area contributed by atoms with Crippen molar-refractivity contribution in [2.75, 3.05) is 6.54 Å². The van der Waals surface area contributed by atoms with Gasteiger partial charge in [0.15, 0.2) is 0 Å². The van der Waals surface area contributed by atoms with Crippen LogP contribution in [0.5, 0.6) is 0 Å². The van der Waals surface area contributed by atoms with Gasteiger partial charge in [-0.15, -0.1) is 0 Å². The molecular weight excluding hydrogens is 278 g/mol. The smallest absolute Gasteiger partial charge is 0.139 e. The lowest BCUT2D eigenvalue weighted by Crippen LogP contribution is -2.25. The maximum Gasteiger partial charge on any atom is 0.139 e. The molecule has 0 atom stereocenters. The lowest BCUT2D eigenvalue weighted by Gasteiger charge is -2.18. The molecule has 2 N–H and O–H groups in total. The summed E-state index contributed by atoms with van der Waals surface area (Å²) in [7, 11) is 0. The van der Waals surface area contributed by atoms with E-state index in [9.17, 15) is 0 Å². The molecular formula is C17H15N3S. The molecule has 0 bridgehead atoms. The standard InChI is InChI=1S/C17H15N3S/c21-17-14-10-18-9-8-15(14)19-16(20-17)13-7-3-5-11-4-1-2-6-12(11)13/h1-7,18H,8-10H2,(H,19,20,21). The van der Waals surface area contributed by atoms with Crippen molar-refractivity contribution in [3.05, 3.63) is 58.4 Å². The highest BCUT2D eigenvalue weighted by atomic mass is 32.1. The number of H-pyrrole nitrogens is 1. The number of nitrogens with one attached hydrogen (secondary N) is 2. The Morgan fingerprint density at radius 1 is 1.05 bits per heavy atom. The SMILES string of the molecule is S=c1nc(-c2cccc3ccccc23)[nH]c2c1CNCC2. The van der Waals surface area contributed by atoms with Gasteiger partial charge in [-0.25, -0.2) is 4.98 Å². The number of fused-ring (bicyclic) bond motifs is 2. The van der Waals surface area contributed by atoms with Crippen LogP contribution >= 0.6 is 12.2 Å². The molecule has 3 nitrogen and oxygen atoms in total. The largest absolute Gasteiger partial charge is 0.343 e. The molecule has 1 aromatic heterocycles. The first-order valence-corrected chi connectivity index (χ1v) is 7.55. The van der Waals surface area contributed by atoms with Gasteiger partial charge in [-0.2, -0.15) is 0 Å². The van der Waals surface area contributed by atoms with Crippen LogP contribution in [0.25, 0.3) is 22.2 Å². The molecule has 0 aliphatic carbocycles. The fourth-order valence-corrected chi connectivity index (χ4v) is 3.21. The zero-order valence-electron chi connectivity index (χ0n) is 11.5. The first-order chi connectivity index (χ1) is 10.3. The van der Waals surface area contributed by atoms with E-state index in [1.165, 1.54) is 16.5 Å². The van der Waals surface area contributed by atoms with Crippen LogP contribution in [0.4, 0.5) is 0 Å². The van der Waals surface area contributed by atoms with Crippen molar-refractivity contribution in [1.29, 1.82) is 0 Å². The van der Waals surface area contributed by atoms with Crippen molar-refractivity contribution in [1.82, 2.24) is 15.3 Å². The molecule has 0 unspecified atom stereocenters. The normalized spacial score (nSPS) is 14.1. The molecule has 1 aliphatic rings. The lowest BCUT2D eigenvalue weighted by molar-refractivity contribution is 0.624. The van der Waals surface area contributed by atoms with Crippen LogP contribution in [-0.2, 0) is 13.0 Å². The molecule has 1 aliphatic heterocycles. The van der Waals surface area contributed by atoms with Crippen LogP contribution in [-0.4, -0.2) is 16.5 Å². The third kappa shape index (κ3) is 2.17. The van der Waals surface area contributed by atoms with E-state index >= 15 is 0 Å². The van der Waals surface area contributed by atoms with Gasteiger partial charge in [-0.05, 0) is 10.8 Å². The Morgan fingerprint density at radius 3 is 2.86 bits per heavy atom. The Hall–Kier alpha value is -2.04. The van der Waals surface area contributed by atoms with Crippen molar-refractivity contribution in [3.63, 3.8) is 0 Å². The summed E-state index contributed by atoms with van der Waals surface area (Å²) in [6.07, 6.45) is 0.971. The molecule has 0 saturated heterocycles. The number of nitrogens with zero attached hydrogens (tertiary/aromatic N) is 1. The van der Waals surface area contributed by atoms with Gasteiger partial charge in [0.25, 0.3) is 0 Å². The monoisotopic (exact) mass is 293 g/mol. The Kier molecular flexibility index (Phi) is 3.05. The predicted octanol–water partition coefficient (Wildman–Crippen LogP) is 3.61. The topological polar surface area (TPSA) is 40.7 Å². The lowest BCUT2D eigenvalue weighted by atomic mass is 10.0. The summed E-state index contributed by atoms with van der Waals surface area (Å²) in [5, 5.41) is 5.76. The quantitative estimate of drug-likeness (QED) is 0.673. The first-order valence-electron chi connectivity index (χ1n) is 7.14.